The Bertz CT molecular complexity index is 498. The monoisotopic (exact) mass is 267 g/mol. The topological polar surface area (TPSA) is 125 Å². The fraction of sp³-hybridized carbons (Fsp3) is 0.273. The molecule has 3 N–H and O–H groups in total. The van der Waals surface area contributed by atoms with Crippen LogP contribution in [0.5, 0.6) is 0 Å². The molecule has 0 saturated carbocycles. The minimum Gasteiger partial charge on any atom is -0.411 e. The zero-order valence-electron chi connectivity index (χ0n) is 10.1. The van der Waals surface area contributed by atoms with Gasteiger partial charge in [-0.05, 0) is 12.1 Å². The van der Waals surface area contributed by atoms with Gasteiger partial charge in [0.15, 0.2) is 0 Å². The first-order valence-corrected chi connectivity index (χ1v) is 5.34. The average Bonchev–Trinajstić information content (AvgIpc) is 2.38. The van der Waals surface area contributed by atoms with Crippen molar-refractivity contribution >= 4 is 17.3 Å². The zero-order valence-corrected chi connectivity index (χ0v) is 10.1. The van der Waals surface area contributed by atoms with Crippen LogP contribution < -0.4 is 5.32 Å². The Labute approximate surface area is 108 Å². The third kappa shape index (κ3) is 3.75. The van der Waals surface area contributed by atoms with Crippen molar-refractivity contribution in [3.05, 3.63) is 39.9 Å². The molecule has 8 nitrogen and oxygen atoms in total. The number of carbonyl (C=O) groups is 1. The van der Waals surface area contributed by atoms with E-state index in [9.17, 15) is 14.9 Å². The van der Waals surface area contributed by atoms with E-state index in [0.717, 1.165) is 0 Å². The highest BCUT2D eigenvalue weighted by Crippen LogP contribution is 2.13. The van der Waals surface area contributed by atoms with E-state index in [1.807, 2.05) is 0 Å². The normalized spacial score (nSPS) is 12.8. The van der Waals surface area contributed by atoms with Gasteiger partial charge in [0.1, 0.15) is 5.71 Å². The zero-order chi connectivity index (χ0) is 14.4. The van der Waals surface area contributed by atoms with Crippen LogP contribution >= 0.6 is 0 Å². The molecule has 1 amide bonds. The molecule has 0 saturated heterocycles. The van der Waals surface area contributed by atoms with Gasteiger partial charge in [-0.2, -0.15) is 0 Å². The number of rotatable bonds is 5. The third-order valence-corrected chi connectivity index (χ3v) is 2.37. The SMILES string of the molecule is CC(=O)N[C@@H](CO)C(=NO)c1ccc([N+](=O)[O-])cc1. The van der Waals surface area contributed by atoms with Crippen molar-refractivity contribution in [3.63, 3.8) is 0 Å². The number of oxime groups is 1. The molecule has 0 heterocycles. The number of hydrogen-bond acceptors (Lipinski definition) is 6. The van der Waals surface area contributed by atoms with E-state index in [1.54, 1.807) is 0 Å². The number of nitro benzene ring substituents is 1. The van der Waals surface area contributed by atoms with Crippen molar-refractivity contribution < 1.29 is 20.0 Å². The molecule has 0 bridgehead atoms. The summed E-state index contributed by atoms with van der Waals surface area (Å²) in [6.45, 7) is 0.795. The summed E-state index contributed by atoms with van der Waals surface area (Å²) in [7, 11) is 0. The molecule has 1 atom stereocenters. The van der Waals surface area contributed by atoms with Gasteiger partial charge in [-0.25, -0.2) is 0 Å². The fourth-order valence-corrected chi connectivity index (χ4v) is 1.53. The van der Waals surface area contributed by atoms with Crippen LogP contribution in [-0.4, -0.2) is 39.5 Å². The van der Waals surface area contributed by atoms with E-state index in [0.29, 0.717) is 5.56 Å². The van der Waals surface area contributed by atoms with Crippen molar-refractivity contribution in [2.75, 3.05) is 6.61 Å². The Morgan fingerprint density at radius 2 is 2.05 bits per heavy atom. The van der Waals surface area contributed by atoms with Crippen LogP contribution in [0.15, 0.2) is 29.4 Å². The van der Waals surface area contributed by atoms with E-state index in [1.165, 1.54) is 31.2 Å². The maximum Gasteiger partial charge on any atom is 0.269 e. The highest BCUT2D eigenvalue weighted by Gasteiger charge is 2.19. The summed E-state index contributed by atoms with van der Waals surface area (Å²) in [5.41, 5.74) is 0.273. The molecule has 0 aliphatic carbocycles. The summed E-state index contributed by atoms with van der Waals surface area (Å²) in [6, 6.07) is 4.34. The van der Waals surface area contributed by atoms with Crippen LogP contribution in [-0.2, 0) is 4.79 Å². The third-order valence-electron chi connectivity index (χ3n) is 2.37. The van der Waals surface area contributed by atoms with Crippen molar-refractivity contribution in [1.29, 1.82) is 0 Å². The smallest absolute Gasteiger partial charge is 0.269 e. The van der Waals surface area contributed by atoms with Gasteiger partial charge < -0.3 is 15.6 Å². The number of aliphatic hydroxyl groups excluding tert-OH is 1. The molecule has 0 spiro atoms. The molecule has 1 aromatic carbocycles. The van der Waals surface area contributed by atoms with E-state index in [2.05, 4.69) is 10.5 Å². The molecule has 0 unspecified atom stereocenters. The summed E-state index contributed by atoms with van der Waals surface area (Å²) in [5, 5.41) is 34.1. The molecule has 1 aromatic rings. The maximum atomic E-state index is 11.0. The minimum atomic E-state index is -0.885. The standard InChI is InChI=1S/C11H13N3O5/c1-7(16)12-10(6-15)11(13-17)8-2-4-9(5-3-8)14(18)19/h2-5,10,15,17H,6H2,1H3,(H,12,16)/t10-/m0/s1. The Hall–Kier alpha value is -2.48. The number of hydrogen-bond donors (Lipinski definition) is 3. The van der Waals surface area contributed by atoms with Crippen LogP contribution in [0.3, 0.4) is 0 Å². The molecule has 1 rings (SSSR count). The molecule has 19 heavy (non-hydrogen) atoms. The van der Waals surface area contributed by atoms with Crippen LogP contribution in [0.25, 0.3) is 0 Å². The van der Waals surface area contributed by atoms with E-state index >= 15 is 0 Å². The molecule has 0 aliphatic rings. The van der Waals surface area contributed by atoms with Gasteiger partial charge >= 0.3 is 0 Å². The quantitative estimate of drug-likeness (QED) is 0.305. The summed E-state index contributed by atoms with van der Waals surface area (Å²) in [4.78, 5) is 20.9. The van der Waals surface area contributed by atoms with Gasteiger partial charge in [0.2, 0.25) is 5.91 Å². The number of non-ortho nitro benzene ring substituents is 1. The van der Waals surface area contributed by atoms with Crippen LogP contribution in [0.4, 0.5) is 5.69 Å². The number of nitrogens with one attached hydrogen (secondary N) is 1. The van der Waals surface area contributed by atoms with Crippen LogP contribution in [0, 0.1) is 10.1 Å². The van der Waals surface area contributed by atoms with E-state index in [4.69, 9.17) is 10.3 Å². The van der Waals surface area contributed by atoms with Gasteiger partial charge in [0, 0.05) is 24.6 Å². The van der Waals surface area contributed by atoms with Crippen molar-refractivity contribution in [3.8, 4) is 0 Å². The largest absolute Gasteiger partial charge is 0.411 e. The molecule has 102 valence electrons. The molecular formula is C11H13N3O5. The van der Waals surface area contributed by atoms with Gasteiger partial charge in [0.25, 0.3) is 5.69 Å². The Balaban J connectivity index is 3.02. The van der Waals surface area contributed by atoms with Crippen molar-refractivity contribution in [2.24, 2.45) is 5.16 Å². The Morgan fingerprint density at radius 1 is 1.47 bits per heavy atom. The second-order valence-corrected chi connectivity index (χ2v) is 3.72. The lowest BCUT2D eigenvalue weighted by Gasteiger charge is -2.16. The summed E-state index contributed by atoms with van der Waals surface area (Å²) in [5.74, 6) is -0.401. The first-order valence-electron chi connectivity index (χ1n) is 5.34. The highest BCUT2D eigenvalue weighted by molar-refractivity contribution is 6.05. The Kier molecular flexibility index (Phi) is 4.95. The van der Waals surface area contributed by atoms with Crippen molar-refractivity contribution in [2.45, 2.75) is 13.0 Å². The lowest BCUT2D eigenvalue weighted by Crippen LogP contribution is -2.42. The second-order valence-electron chi connectivity index (χ2n) is 3.72. The van der Waals surface area contributed by atoms with E-state index in [-0.39, 0.29) is 11.4 Å². The molecule has 0 fully saturated rings. The molecule has 8 heteroatoms. The van der Waals surface area contributed by atoms with Gasteiger partial charge in [0.05, 0.1) is 17.6 Å². The average molecular weight is 267 g/mol. The van der Waals surface area contributed by atoms with E-state index < -0.39 is 23.5 Å². The van der Waals surface area contributed by atoms with Crippen LogP contribution in [0.2, 0.25) is 0 Å². The number of nitrogens with zero attached hydrogens (tertiary/aromatic N) is 2. The summed E-state index contributed by atoms with van der Waals surface area (Å²) in [6.07, 6.45) is 0. The first kappa shape index (κ1) is 14.6. The lowest BCUT2D eigenvalue weighted by atomic mass is 10.0. The molecule has 0 radical (unpaired) electrons. The lowest BCUT2D eigenvalue weighted by molar-refractivity contribution is -0.384. The summed E-state index contributed by atoms with van der Waals surface area (Å²) < 4.78 is 0. The number of carbonyl (C=O) groups excluding carboxylic acids is 1. The molecule has 0 aliphatic heterocycles. The maximum absolute atomic E-state index is 11.0. The predicted molar refractivity (Wildman–Crippen MR) is 66.1 cm³/mol. The minimum absolute atomic E-state index is 0.0209. The van der Waals surface area contributed by atoms with Gasteiger partial charge in [-0.15, -0.1) is 0 Å². The van der Waals surface area contributed by atoms with Gasteiger partial charge in [-0.3, -0.25) is 14.9 Å². The number of aliphatic hydroxyl groups is 1. The first-order chi connectivity index (χ1) is 8.99. The van der Waals surface area contributed by atoms with Crippen molar-refractivity contribution in [1.82, 2.24) is 5.32 Å². The predicted octanol–water partition coefficient (Wildman–Crippen LogP) is 0.270. The second kappa shape index (κ2) is 6.45. The fourth-order valence-electron chi connectivity index (χ4n) is 1.53. The highest BCUT2D eigenvalue weighted by atomic mass is 16.6. The molecule has 0 aromatic heterocycles. The van der Waals surface area contributed by atoms with Gasteiger partial charge in [-0.1, -0.05) is 5.16 Å². The number of nitro groups is 1. The summed E-state index contributed by atoms with van der Waals surface area (Å²) >= 11 is 0. The van der Waals surface area contributed by atoms with Crippen LogP contribution in [0.1, 0.15) is 12.5 Å². The number of benzene rings is 1. The molecular weight excluding hydrogens is 254 g/mol. The number of amides is 1. The Morgan fingerprint density at radius 3 is 2.42 bits per heavy atom.